The summed E-state index contributed by atoms with van der Waals surface area (Å²) in [5.74, 6) is 1.36. The number of anilines is 2. The summed E-state index contributed by atoms with van der Waals surface area (Å²) in [6, 6.07) is 16.0. The van der Waals surface area contributed by atoms with Gasteiger partial charge in [-0.05, 0) is 99.0 Å². The van der Waals surface area contributed by atoms with Crippen LogP contribution in [-0.2, 0) is 16.1 Å². The van der Waals surface area contributed by atoms with Crippen molar-refractivity contribution in [1.29, 1.82) is 0 Å². The van der Waals surface area contributed by atoms with Gasteiger partial charge in [0.15, 0.2) is 5.82 Å². The molecule has 0 bridgehead atoms. The lowest BCUT2D eigenvalue weighted by Crippen LogP contribution is -2.66. The number of carbonyl (C=O) groups excluding carboxylic acids is 3. The van der Waals surface area contributed by atoms with Crippen molar-refractivity contribution in [1.82, 2.24) is 35.9 Å². The minimum absolute atomic E-state index is 0.111. The predicted molar refractivity (Wildman–Crippen MR) is 196 cm³/mol. The zero-order chi connectivity index (χ0) is 35.3. The second-order valence-electron chi connectivity index (χ2n) is 15.5. The average Bonchev–Trinajstić information content (AvgIpc) is 3.49. The van der Waals surface area contributed by atoms with E-state index in [-0.39, 0.29) is 29.9 Å². The number of fused-ring (bicyclic) bond motifs is 4. The lowest BCUT2D eigenvalue weighted by atomic mass is 9.85. The number of piperazine rings is 1. The number of phenolic OH excluding ortho intramolecular Hbond substituents is 1. The van der Waals surface area contributed by atoms with Crippen molar-refractivity contribution in [3.63, 3.8) is 0 Å². The van der Waals surface area contributed by atoms with Gasteiger partial charge in [0.2, 0.25) is 11.8 Å². The fourth-order valence-corrected chi connectivity index (χ4v) is 9.50. The topological polar surface area (TPSA) is 155 Å². The molecule has 0 saturated carbocycles. The van der Waals surface area contributed by atoms with Gasteiger partial charge in [-0.1, -0.05) is 24.3 Å². The highest BCUT2D eigenvalue weighted by molar-refractivity contribution is 6.05. The summed E-state index contributed by atoms with van der Waals surface area (Å²) in [4.78, 5) is 44.1. The molecule has 0 radical (unpaired) electrons. The molecule has 0 aliphatic carbocycles. The van der Waals surface area contributed by atoms with Crippen molar-refractivity contribution in [3.8, 4) is 17.0 Å². The molecule has 13 nitrogen and oxygen atoms in total. The minimum atomic E-state index is -0.581. The maximum atomic E-state index is 13.2. The number of benzene rings is 2. The second-order valence-corrected chi connectivity index (χ2v) is 15.5. The van der Waals surface area contributed by atoms with Crippen molar-refractivity contribution in [3.05, 3.63) is 65.2 Å². The van der Waals surface area contributed by atoms with Gasteiger partial charge in [-0.25, -0.2) is 0 Å². The van der Waals surface area contributed by atoms with E-state index < -0.39 is 6.04 Å². The molecule has 272 valence electrons. The Hall–Kier alpha value is -4.59. The van der Waals surface area contributed by atoms with E-state index >= 15 is 0 Å². The SMILES string of the molecule is O=C1CCC(N2Cc3cc(C4CCN(CC5CCNC(C6CN7c8cc(-c9ccccc9O)nnc8NC[C@H]7CN6)C5)CC4)ccc3C2=O)C(=O)N1. The van der Waals surface area contributed by atoms with E-state index in [0.717, 1.165) is 82.1 Å². The molecule has 9 rings (SSSR count). The number of likely N-dealkylation sites (tertiary alicyclic amines) is 1. The first-order valence-electron chi connectivity index (χ1n) is 19.0. The van der Waals surface area contributed by atoms with E-state index in [0.29, 0.717) is 59.7 Å². The Balaban J connectivity index is 0.798. The van der Waals surface area contributed by atoms with Crippen LogP contribution in [0.3, 0.4) is 0 Å². The molecule has 6 aliphatic rings. The summed E-state index contributed by atoms with van der Waals surface area (Å²) >= 11 is 0. The molecular weight excluding hydrogens is 658 g/mol. The van der Waals surface area contributed by atoms with Gasteiger partial charge in [0.1, 0.15) is 11.8 Å². The van der Waals surface area contributed by atoms with Crippen LogP contribution in [0, 0.1) is 5.92 Å². The summed E-state index contributed by atoms with van der Waals surface area (Å²) in [6.07, 6.45) is 5.16. The van der Waals surface area contributed by atoms with Gasteiger partial charge in [0, 0.05) is 62.4 Å². The molecule has 52 heavy (non-hydrogen) atoms. The van der Waals surface area contributed by atoms with Crippen molar-refractivity contribution in [2.45, 2.75) is 75.2 Å². The number of rotatable bonds is 6. The summed E-state index contributed by atoms with van der Waals surface area (Å²) in [5, 5.41) is 33.0. The van der Waals surface area contributed by atoms with Gasteiger partial charge >= 0.3 is 0 Å². The minimum Gasteiger partial charge on any atom is -0.507 e. The van der Waals surface area contributed by atoms with Crippen molar-refractivity contribution in [2.75, 3.05) is 56.0 Å². The highest BCUT2D eigenvalue weighted by Crippen LogP contribution is 2.37. The van der Waals surface area contributed by atoms with Crippen molar-refractivity contribution >= 4 is 29.2 Å². The number of aromatic nitrogens is 2. The average molecular weight is 706 g/mol. The van der Waals surface area contributed by atoms with Crippen LogP contribution < -0.4 is 26.2 Å². The second kappa shape index (κ2) is 13.8. The molecule has 4 fully saturated rings. The van der Waals surface area contributed by atoms with Gasteiger partial charge in [-0.15, -0.1) is 10.2 Å². The molecule has 3 amide bonds. The largest absolute Gasteiger partial charge is 0.507 e. The van der Waals surface area contributed by atoms with Crippen LogP contribution >= 0.6 is 0 Å². The number of phenols is 1. The van der Waals surface area contributed by atoms with Gasteiger partial charge in [0.05, 0.1) is 17.4 Å². The number of para-hydroxylation sites is 1. The number of nitrogens with zero attached hydrogens (tertiary/aromatic N) is 5. The van der Waals surface area contributed by atoms with Crippen LogP contribution in [0.15, 0.2) is 48.5 Å². The molecule has 2 aromatic carbocycles. The first-order valence-corrected chi connectivity index (χ1v) is 19.0. The Morgan fingerprint density at radius 3 is 2.58 bits per heavy atom. The van der Waals surface area contributed by atoms with Crippen LogP contribution in [-0.4, -0.2) is 113 Å². The zero-order valence-electron chi connectivity index (χ0n) is 29.4. The fourth-order valence-electron chi connectivity index (χ4n) is 9.50. The monoisotopic (exact) mass is 705 g/mol. The quantitative estimate of drug-likeness (QED) is 0.240. The lowest BCUT2D eigenvalue weighted by Gasteiger charge is -2.48. The fraction of sp³-hybridized carbons (Fsp3) is 0.513. The number of aromatic hydroxyl groups is 1. The number of imide groups is 1. The summed E-state index contributed by atoms with van der Waals surface area (Å²) in [5.41, 5.74) is 5.37. The molecule has 4 saturated heterocycles. The van der Waals surface area contributed by atoms with Crippen LogP contribution in [0.25, 0.3) is 11.3 Å². The normalized spacial score (nSPS) is 28.2. The molecule has 7 heterocycles. The van der Waals surface area contributed by atoms with E-state index in [1.54, 1.807) is 11.0 Å². The van der Waals surface area contributed by atoms with Gasteiger partial charge < -0.3 is 35.8 Å². The van der Waals surface area contributed by atoms with E-state index in [1.807, 2.05) is 24.3 Å². The predicted octanol–water partition coefficient (Wildman–Crippen LogP) is 2.43. The molecule has 6 aliphatic heterocycles. The van der Waals surface area contributed by atoms with Crippen LogP contribution in [0.1, 0.15) is 65.9 Å². The Morgan fingerprint density at radius 1 is 0.865 bits per heavy atom. The van der Waals surface area contributed by atoms with E-state index in [2.05, 4.69) is 59.5 Å². The third-order valence-corrected chi connectivity index (χ3v) is 12.4. The molecule has 1 aromatic heterocycles. The maximum absolute atomic E-state index is 13.2. The molecule has 0 spiro atoms. The summed E-state index contributed by atoms with van der Waals surface area (Å²) < 4.78 is 0. The van der Waals surface area contributed by atoms with Crippen LogP contribution in [0.5, 0.6) is 5.75 Å². The Kier molecular flexibility index (Phi) is 8.80. The molecule has 13 heteroatoms. The van der Waals surface area contributed by atoms with Gasteiger partial charge in [-0.2, -0.15) is 0 Å². The molecule has 3 aromatic rings. The number of amides is 3. The summed E-state index contributed by atoms with van der Waals surface area (Å²) in [7, 11) is 0. The molecule has 5 N–H and O–H groups in total. The first kappa shape index (κ1) is 33.3. The number of hydrogen-bond acceptors (Lipinski definition) is 11. The number of carbonyl (C=O) groups is 3. The van der Waals surface area contributed by atoms with E-state index in [1.165, 1.54) is 12.0 Å². The number of hydrogen-bond donors (Lipinski definition) is 5. The number of piperidine rings is 3. The first-order chi connectivity index (χ1) is 25.4. The third kappa shape index (κ3) is 6.28. The van der Waals surface area contributed by atoms with Gasteiger partial charge in [0.25, 0.3) is 5.91 Å². The van der Waals surface area contributed by atoms with Crippen LogP contribution in [0.2, 0.25) is 0 Å². The summed E-state index contributed by atoms with van der Waals surface area (Å²) in [6.45, 7) is 7.31. The maximum Gasteiger partial charge on any atom is 0.255 e. The van der Waals surface area contributed by atoms with E-state index in [9.17, 15) is 19.5 Å². The zero-order valence-corrected chi connectivity index (χ0v) is 29.4. The molecular formula is C39H47N9O4. The third-order valence-electron chi connectivity index (χ3n) is 12.4. The standard InChI is InChI=1S/C39H47N9O4/c49-35-4-2-1-3-29(35)30-17-34-37(45-44-30)42-19-27-18-41-32(22-47(27)34)31-15-23(9-12-40-31)20-46-13-10-24(11-14-46)25-5-6-28-26(16-25)21-48(39(28)52)33-7-8-36(50)43-38(33)51/h1-6,16-17,23-24,27,31-33,40-41,49H,7-15,18-22H2,(H,42,45)(H,43,50,51)/t23?,27-,31?,32?,33?/m1/s1. The number of nitrogens with one attached hydrogen (secondary N) is 4. The van der Waals surface area contributed by atoms with Crippen molar-refractivity contribution in [2.24, 2.45) is 5.92 Å². The molecule has 4 unspecified atom stereocenters. The lowest BCUT2D eigenvalue weighted by molar-refractivity contribution is -0.136. The van der Waals surface area contributed by atoms with Gasteiger partial charge in [-0.3, -0.25) is 19.7 Å². The Morgan fingerprint density at radius 2 is 1.73 bits per heavy atom. The highest BCUT2D eigenvalue weighted by atomic mass is 16.3. The molecule has 5 atom stereocenters. The smallest absolute Gasteiger partial charge is 0.255 e. The Labute approximate surface area is 303 Å². The van der Waals surface area contributed by atoms with E-state index in [4.69, 9.17) is 0 Å². The Bertz CT molecular complexity index is 1880. The van der Waals surface area contributed by atoms with Crippen LogP contribution in [0.4, 0.5) is 11.5 Å². The highest BCUT2D eigenvalue weighted by Gasteiger charge is 2.41. The van der Waals surface area contributed by atoms with Crippen molar-refractivity contribution < 1.29 is 19.5 Å².